The van der Waals surface area contributed by atoms with E-state index in [0.717, 1.165) is 16.9 Å². The normalized spacial score (nSPS) is 10.6. The molecule has 0 fully saturated rings. The van der Waals surface area contributed by atoms with E-state index in [4.69, 9.17) is 14.6 Å². The maximum absolute atomic E-state index is 13.7. The zero-order chi connectivity index (χ0) is 18.7. The molecule has 3 aromatic rings. The summed E-state index contributed by atoms with van der Waals surface area (Å²) in [5.74, 6) is -0.402. The van der Waals surface area contributed by atoms with Gasteiger partial charge in [-0.15, -0.1) is 11.3 Å². The third-order valence-corrected chi connectivity index (χ3v) is 4.94. The Morgan fingerprint density at radius 3 is 2.65 bits per heavy atom. The number of carboxylic acid groups (broad SMARTS) is 1. The average molecular weight is 373 g/mol. The van der Waals surface area contributed by atoms with Gasteiger partial charge in [-0.1, -0.05) is 18.2 Å². The first-order valence-corrected chi connectivity index (χ1v) is 8.56. The highest BCUT2D eigenvalue weighted by Gasteiger charge is 2.16. The number of benzene rings is 2. The van der Waals surface area contributed by atoms with E-state index < -0.39 is 5.97 Å². The Kier molecular flexibility index (Phi) is 5.18. The molecule has 0 unspecified atom stereocenters. The smallest absolute Gasteiger partial charge is 0.347 e. The Balaban J connectivity index is 1.85. The van der Waals surface area contributed by atoms with E-state index in [-0.39, 0.29) is 17.3 Å². The van der Waals surface area contributed by atoms with E-state index in [1.807, 2.05) is 0 Å². The van der Waals surface area contributed by atoms with Crippen molar-refractivity contribution in [3.63, 3.8) is 0 Å². The monoisotopic (exact) mass is 373 g/mol. The Morgan fingerprint density at radius 1 is 1.23 bits per heavy atom. The predicted octanol–water partition coefficient (Wildman–Crippen LogP) is 4.54. The van der Waals surface area contributed by atoms with Gasteiger partial charge in [-0.25, -0.2) is 14.2 Å². The van der Waals surface area contributed by atoms with Crippen LogP contribution in [0.2, 0.25) is 0 Å². The average Bonchev–Trinajstić information content (AvgIpc) is 3.03. The van der Waals surface area contributed by atoms with Crippen LogP contribution in [0.25, 0.3) is 10.6 Å². The summed E-state index contributed by atoms with van der Waals surface area (Å²) < 4.78 is 24.7. The van der Waals surface area contributed by atoms with Crippen LogP contribution in [0.3, 0.4) is 0 Å². The summed E-state index contributed by atoms with van der Waals surface area (Å²) in [5.41, 5.74) is 1.64. The number of hydrogen-bond acceptors (Lipinski definition) is 5. The number of ether oxygens (including phenoxy) is 2. The Bertz CT molecular complexity index is 954. The van der Waals surface area contributed by atoms with Crippen molar-refractivity contribution in [3.8, 4) is 22.1 Å². The zero-order valence-electron chi connectivity index (χ0n) is 14.2. The largest absolute Gasteiger partial charge is 0.493 e. The molecule has 134 valence electrons. The highest BCUT2D eigenvalue weighted by Crippen LogP contribution is 2.35. The predicted molar refractivity (Wildman–Crippen MR) is 96.5 cm³/mol. The van der Waals surface area contributed by atoms with Crippen LogP contribution in [0.1, 0.15) is 20.9 Å². The molecule has 0 amide bonds. The molecule has 0 spiro atoms. The van der Waals surface area contributed by atoms with Crippen molar-refractivity contribution in [2.45, 2.75) is 13.5 Å². The lowest BCUT2D eigenvalue weighted by atomic mass is 10.2. The summed E-state index contributed by atoms with van der Waals surface area (Å²) in [6.45, 7) is 1.73. The molecular weight excluding hydrogens is 357 g/mol. The number of carboxylic acids is 1. The number of aryl methyl sites for hydroxylation is 1. The molecule has 0 bridgehead atoms. The Hall–Kier alpha value is -2.93. The fraction of sp³-hybridized carbons (Fsp3) is 0.158. The summed E-state index contributed by atoms with van der Waals surface area (Å²) >= 11 is 1.10. The summed E-state index contributed by atoms with van der Waals surface area (Å²) in [6.07, 6.45) is 0. The van der Waals surface area contributed by atoms with Crippen LogP contribution < -0.4 is 9.47 Å². The lowest BCUT2D eigenvalue weighted by molar-refractivity contribution is 0.0701. The molecule has 0 saturated carbocycles. The van der Waals surface area contributed by atoms with Crippen LogP contribution in [0.5, 0.6) is 11.5 Å². The number of hydrogen-bond donors (Lipinski definition) is 1. The maximum atomic E-state index is 13.7. The van der Waals surface area contributed by atoms with Crippen LogP contribution >= 0.6 is 11.3 Å². The number of aromatic carboxylic acids is 1. The van der Waals surface area contributed by atoms with E-state index in [9.17, 15) is 9.18 Å². The zero-order valence-corrected chi connectivity index (χ0v) is 15.0. The lowest BCUT2D eigenvalue weighted by Gasteiger charge is -2.12. The summed E-state index contributed by atoms with van der Waals surface area (Å²) in [4.78, 5) is 15.7. The molecule has 7 heteroatoms. The first-order valence-electron chi connectivity index (χ1n) is 7.75. The van der Waals surface area contributed by atoms with Crippen LogP contribution in [0, 0.1) is 12.7 Å². The number of thiazole rings is 1. The van der Waals surface area contributed by atoms with Gasteiger partial charge < -0.3 is 14.6 Å². The quantitative estimate of drug-likeness (QED) is 0.687. The highest BCUT2D eigenvalue weighted by atomic mass is 32.1. The van der Waals surface area contributed by atoms with E-state index in [2.05, 4.69) is 4.98 Å². The number of methoxy groups -OCH3 is 1. The second-order valence-corrected chi connectivity index (χ2v) is 6.48. The summed E-state index contributed by atoms with van der Waals surface area (Å²) in [5, 5.41) is 9.75. The van der Waals surface area contributed by atoms with E-state index in [0.29, 0.717) is 27.8 Å². The third kappa shape index (κ3) is 3.67. The molecule has 1 N–H and O–H groups in total. The number of carbonyl (C=O) groups is 1. The van der Waals surface area contributed by atoms with Gasteiger partial charge in [0.2, 0.25) is 0 Å². The molecule has 1 heterocycles. The van der Waals surface area contributed by atoms with Crippen molar-refractivity contribution >= 4 is 17.3 Å². The number of aromatic nitrogens is 1. The topological polar surface area (TPSA) is 68.7 Å². The van der Waals surface area contributed by atoms with Gasteiger partial charge in [-0.05, 0) is 31.2 Å². The van der Waals surface area contributed by atoms with Gasteiger partial charge >= 0.3 is 5.97 Å². The molecule has 5 nitrogen and oxygen atoms in total. The summed E-state index contributed by atoms with van der Waals surface area (Å²) in [6, 6.07) is 11.6. The van der Waals surface area contributed by atoms with Gasteiger partial charge in [0.15, 0.2) is 11.5 Å². The fourth-order valence-corrected chi connectivity index (χ4v) is 3.31. The van der Waals surface area contributed by atoms with Gasteiger partial charge in [0.05, 0.1) is 12.8 Å². The molecule has 26 heavy (non-hydrogen) atoms. The molecule has 0 atom stereocenters. The molecule has 0 aliphatic carbocycles. The molecule has 2 aromatic carbocycles. The van der Waals surface area contributed by atoms with Crippen molar-refractivity contribution in [2.24, 2.45) is 0 Å². The molecule has 0 saturated heterocycles. The lowest BCUT2D eigenvalue weighted by Crippen LogP contribution is -2.00. The Labute approximate surface area is 153 Å². The first kappa shape index (κ1) is 17.9. The van der Waals surface area contributed by atoms with E-state index in [1.54, 1.807) is 43.3 Å². The van der Waals surface area contributed by atoms with Gasteiger partial charge in [-0.2, -0.15) is 0 Å². The Morgan fingerprint density at radius 2 is 2.00 bits per heavy atom. The van der Waals surface area contributed by atoms with Crippen LogP contribution in [0.4, 0.5) is 4.39 Å². The molecule has 0 aliphatic heterocycles. The minimum atomic E-state index is -0.997. The van der Waals surface area contributed by atoms with Crippen LogP contribution in [-0.4, -0.2) is 23.2 Å². The standard InChI is InChI=1S/C19H16FNO4S/c1-11-17(19(22)23)26-18(21-11)12-7-8-15(16(9-12)24-2)25-10-13-5-3-4-6-14(13)20/h3-9H,10H2,1-2H3,(H,22,23). The van der Waals surface area contributed by atoms with Crippen LogP contribution in [-0.2, 0) is 6.61 Å². The van der Waals surface area contributed by atoms with E-state index in [1.165, 1.54) is 13.2 Å². The van der Waals surface area contributed by atoms with Gasteiger partial charge in [0.1, 0.15) is 22.3 Å². The van der Waals surface area contributed by atoms with Crippen molar-refractivity contribution in [1.82, 2.24) is 4.98 Å². The molecule has 0 aliphatic rings. The molecular formula is C19H16FNO4S. The maximum Gasteiger partial charge on any atom is 0.347 e. The number of halogens is 1. The number of rotatable bonds is 6. The van der Waals surface area contributed by atoms with Crippen molar-refractivity contribution in [1.29, 1.82) is 0 Å². The SMILES string of the molecule is COc1cc(-c2nc(C)c(C(=O)O)s2)ccc1OCc1ccccc1F. The molecule has 0 radical (unpaired) electrons. The van der Waals surface area contributed by atoms with Gasteiger partial charge in [-0.3, -0.25) is 0 Å². The highest BCUT2D eigenvalue weighted by molar-refractivity contribution is 7.17. The van der Waals surface area contributed by atoms with Crippen LogP contribution in [0.15, 0.2) is 42.5 Å². The van der Waals surface area contributed by atoms with Crippen molar-refractivity contribution in [2.75, 3.05) is 7.11 Å². The second-order valence-electron chi connectivity index (χ2n) is 5.48. The molecule has 3 rings (SSSR count). The number of nitrogens with zero attached hydrogens (tertiary/aromatic N) is 1. The van der Waals surface area contributed by atoms with Gasteiger partial charge in [0, 0.05) is 11.1 Å². The van der Waals surface area contributed by atoms with E-state index >= 15 is 0 Å². The van der Waals surface area contributed by atoms with Crippen molar-refractivity contribution < 1.29 is 23.8 Å². The first-order chi connectivity index (χ1) is 12.5. The summed E-state index contributed by atoms with van der Waals surface area (Å²) in [7, 11) is 1.50. The second kappa shape index (κ2) is 7.53. The third-order valence-electron chi connectivity index (χ3n) is 3.74. The molecule has 1 aromatic heterocycles. The van der Waals surface area contributed by atoms with Crippen molar-refractivity contribution in [3.05, 3.63) is 64.4 Å². The fourth-order valence-electron chi connectivity index (χ4n) is 2.41. The van der Waals surface area contributed by atoms with Gasteiger partial charge in [0.25, 0.3) is 0 Å². The minimum absolute atomic E-state index is 0.0713. The minimum Gasteiger partial charge on any atom is -0.493 e.